The quantitative estimate of drug-likeness (QED) is 0.786. The van der Waals surface area contributed by atoms with Crippen molar-refractivity contribution in [2.75, 3.05) is 26.8 Å². The van der Waals surface area contributed by atoms with E-state index in [1.165, 1.54) is 24.8 Å². The monoisotopic (exact) mass is 249 g/mol. The number of nitrogens with one attached hydrogen (secondary N) is 1. The van der Waals surface area contributed by atoms with Crippen LogP contribution in [0.1, 0.15) is 31.2 Å². The molecule has 18 heavy (non-hydrogen) atoms. The van der Waals surface area contributed by atoms with E-state index in [0.717, 1.165) is 44.1 Å². The SMILES string of the molecule is CNCCCCCc1ccc2c(c1)OCCCO2. The van der Waals surface area contributed by atoms with Gasteiger partial charge in [-0.25, -0.2) is 0 Å². The predicted molar refractivity (Wildman–Crippen MR) is 73.5 cm³/mol. The molecule has 0 unspecified atom stereocenters. The first kappa shape index (κ1) is 13.2. The Morgan fingerprint density at radius 1 is 1.06 bits per heavy atom. The van der Waals surface area contributed by atoms with E-state index in [9.17, 15) is 0 Å². The van der Waals surface area contributed by atoms with Crippen molar-refractivity contribution in [2.45, 2.75) is 32.1 Å². The summed E-state index contributed by atoms with van der Waals surface area (Å²) in [7, 11) is 2.00. The standard InChI is InChI=1S/C15H23NO2/c1-16-9-4-2-3-6-13-7-8-14-15(12-13)18-11-5-10-17-14/h7-8,12,16H,2-6,9-11H2,1H3. The second kappa shape index (κ2) is 7.27. The molecular formula is C15H23NO2. The van der Waals surface area contributed by atoms with E-state index in [0.29, 0.717) is 0 Å². The van der Waals surface area contributed by atoms with E-state index in [1.54, 1.807) is 0 Å². The number of fused-ring (bicyclic) bond motifs is 1. The molecule has 1 N–H and O–H groups in total. The van der Waals surface area contributed by atoms with Crippen LogP contribution in [0.15, 0.2) is 18.2 Å². The highest BCUT2D eigenvalue weighted by Gasteiger charge is 2.10. The molecule has 1 heterocycles. The second-order valence-corrected chi connectivity index (χ2v) is 4.75. The summed E-state index contributed by atoms with van der Waals surface area (Å²) >= 11 is 0. The first-order valence-electron chi connectivity index (χ1n) is 6.93. The van der Waals surface area contributed by atoms with Gasteiger partial charge < -0.3 is 14.8 Å². The van der Waals surface area contributed by atoms with Crippen molar-refractivity contribution in [1.82, 2.24) is 5.32 Å². The second-order valence-electron chi connectivity index (χ2n) is 4.75. The Morgan fingerprint density at radius 3 is 2.72 bits per heavy atom. The van der Waals surface area contributed by atoms with Crippen LogP contribution in [0.5, 0.6) is 11.5 Å². The van der Waals surface area contributed by atoms with Crippen LogP contribution < -0.4 is 14.8 Å². The van der Waals surface area contributed by atoms with Gasteiger partial charge in [-0.2, -0.15) is 0 Å². The van der Waals surface area contributed by atoms with Gasteiger partial charge in [0.25, 0.3) is 0 Å². The van der Waals surface area contributed by atoms with Crippen molar-refractivity contribution in [3.05, 3.63) is 23.8 Å². The topological polar surface area (TPSA) is 30.5 Å². The van der Waals surface area contributed by atoms with E-state index in [1.807, 2.05) is 13.1 Å². The number of rotatable bonds is 6. The average molecular weight is 249 g/mol. The fourth-order valence-electron chi connectivity index (χ4n) is 2.17. The van der Waals surface area contributed by atoms with Gasteiger partial charge >= 0.3 is 0 Å². The maximum Gasteiger partial charge on any atom is 0.161 e. The minimum atomic E-state index is 0.760. The highest BCUT2D eigenvalue weighted by Crippen LogP contribution is 2.30. The average Bonchev–Trinajstić information content (AvgIpc) is 2.63. The third-order valence-electron chi connectivity index (χ3n) is 3.20. The van der Waals surface area contributed by atoms with Gasteiger partial charge in [0.15, 0.2) is 11.5 Å². The van der Waals surface area contributed by atoms with Crippen molar-refractivity contribution in [3.8, 4) is 11.5 Å². The van der Waals surface area contributed by atoms with Crippen LogP contribution in [0, 0.1) is 0 Å². The normalized spacial score (nSPS) is 14.3. The van der Waals surface area contributed by atoms with Gasteiger partial charge in [0, 0.05) is 6.42 Å². The predicted octanol–water partition coefficient (Wildman–Crippen LogP) is 2.78. The molecule has 0 spiro atoms. The van der Waals surface area contributed by atoms with E-state index in [2.05, 4.69) is 17.4 Å². The Balaban J connectivity index is 1.84. The Labute approximate surface area is 109 Å². The van der Waals surface area contributed by atoms with E-state index >= 15 is 0 Å². The van der Waals surface area contributed by atoms with E-state index < -0.39 is 0 Å². The molecular weight excluding hydrogens is 226 g/mol. The molecule has 0 radical (unpaired) electrons. The highest BCUT2D eigenvalue weighted by atomic mass is 16.5. The Bertz CT molecular complexity index is 366. The molecule has 0 aromatic heterocycles. The lowest BCUT2D eigenvalue weighted by Gasteiger charge is -2.09. The summed E-state index contributed by atoms with van der Waals surface area (Å²) in [5.74, 6) is 1.81. The van der Waals surface area contributed by atoms with Crippen molar-refractivity contribution < 1.29 is 9.47 Å². The van der Waals surface area contributed by atoms with Gasteiger partial charge in [0.05, 0.1) is 13.2 Å². The number of hydrogen-bond acceptors (Lipinski definition) is 3. The molecule has 100 valence electrons. The summed E-state index contributed by atoms with van der Waals surface area (Å²) in [6.45, 7) is 2.64. The smallest absolute Gasteiger partial charge is 0.161 e. The van der Waals surface area contributed by atoms with Crippen LogP contribution in [-0.2, 0) is 6.42 Å². The minimum absolute atomic E-state index is 0.760. The summed E-state index contributed by atoms with van der Waals surface area (Å²) in [5.41, 5.74) is 1.35. The maximum absolute atomic E-state index is 5.70. The van der Waals surface area contributed by atoms with Crippen molar-refractivity contribution in [1.29, 1.82) is 0 Å². The van der Waals surface area contributed by atoms with Crippen LogP contribution in [0.3, 0.4) is 0 Å². The van der Waals surface area contributed by atoms with Gasteiger partial charge in [0.2, 0.25) is 0 Å². The molecule has 0 amide bonds. The molecule has 2 rings (SSSR count). The third kappa shape index (κ3) is 3.91. The van der Waals surface area contributed by atoms with Crippen molar-refractivity contribution >= 4 is 0 Å². The largest absolute Gasteiger partial charge is 0.490 e. The lowest BCUT2D eigenvalue weighted by atomic mass is 10.1. The molecule has 0 bridgehead atoms. The summed E-state index contributed by atoms with van der Waals surface area (Å²) < 4.78 is 11.3. The number of hydrogen-bond donors (Lipinski definition) is 1. The van der Waals surface area contributed by atoms with Crippen LogP contribution >= 0.6 is 0 Å². The van der Waals surface area contributed by atoms with Gasteiger partial charge in [-0.15, -0.1) is 0 Å². The van der Waals surface area contributed by atoms with Gasteiger partial charge in [-0.1, -0.05) is 12.5 Å². The van der Waals surface area contributed by atoms with Crippen molar-refractivity contribution in [2.24, 2.45) is 0 Å². The zero-order valence-electron chi connectivity index (χ0n) is 11.2. The number of benzene rings is 1. The van der Waals surface area contributed by atoms with Gasteiger partial charge in [-0.3, -0.25) is 0 Å². The first-order valence-corrected chi connectivity index (χ1v) is 6.93. The lowest BCUT2D eigenvalue weighted by molar-refractivity contribution is 0.297. The van der Waals surface area contributed by atoms with Crippen LogP contribution in [0.2, 0.25) is 0 Å². The zero-order valence-corrected chi connectivity index (χ0v) is 11.2. The summed E-state index contributed by atoms with van der Waals surface area (Å²) in [5, 5.41) is 3.18. The van der Waals surface area contributed by atoms with Crippen LogP contribution in [0.4, 0.5) is 0 Å². The fourth-order valence-corrected chi connectivity index (χ4v) is 2.17. The molecule has 1 aliphatic rings. The zero-order chi connectivity index (χ0) is 12.6. The first-order chi connectivity index (χ1) is 8.90. The van der Waals surface area contributed by atoms with Crippen LogP contribution in [-0.4, -0.2) is 26.8 Å². The summed E-state index contributed by atoms with van der Waals surface area (Å²) in [4.78, 5) is 0. The number of aryl methyl sites for hydroxylation is 1. The molecule has 1 aromatic rings. The summed E-state index contributed by atoms with van der Waals surface area (Å²) in [6.07, 6.45) is 5.85. The highest BCUT2D eigenvalue weighted by molar-refractivity contribution is 5.43. The molecule has 3 heteroatoms. The number of ether oxygens (including phenoxy) is 2. The number of unbranched alkanes of at least 4 members (excludes halogenated alkanes) is 2. The Kier molecular flexibility index (Phi) is 5.34. The molecule has 1 aliphatic heterocycles. The molecule has 1 aromatic carbocycles. The minimum Gasteiger partial charge on any atom is -0.490 e. The van der Waals surface area contributed by atoms with E-state index in [4.69, 9.17) is 9.47 Å². The van der Waals surface area contributed by atoms with Crippen LogP contribution in [0.25, 0.3) is 0 Å². The van der Waals surface area contributed by atoms with Gasteiger partial charge in [0.1, 0.15) is 0 Å². The Morgan fingerprint density at radius 2 is 1.89 bits per heavy atom. The van der Waals surface area contributed by atoms with E-state index in [-0.39, 0.29) is 0 Å². The van der Waals surface area contributed by atoms with Gasteiger partial charge in [-0.05, 0) is 50.6 Å². The molecule has 3 nitrogen and oxygen atoms in total. The molecule has 0 atom stereocenters. The molecule has 0 saturated carbocycles. The molecule has 0 aliphatic carbocycles. The fraction of sp³-hybridized carbons (Fsp3) is 0.600. The Hall–Kier alpha value is -1.22. The lowest BCUT2D eigenvalue weighted by Crippen LogP contribution is -2.07. The maximum atomic E-state index is 5.70. The van der Waals surface area contributed by atoms with Crippen molar-refractivity contribution in [3.63, 3.8) is 0 Å². The third-order valence-corrected chi connectivity index (χ3v) is 3.20. The molecule has 0 saturated heterocycles. The summed E-state index contributed by atoms with van der Waals surface area (Å²) in [6, 6.07) is 6.34. The molecule has 0 fully saturated rings.